The topological polar surface area (TPSA) is 12.4 Å². The lowest BCUT2D eigenvalue weighted by Gasteiger charge is -1.98. The second kappa shape index (κ2) is 4.27. The summed E-state index contributed by atoms with van der Waals surface area (Å²) in [7, 11) is 0. The van der Waals surface area contributed by atoms with Crippen LogP contribution in [0, 0.1) is 6.92 Å². The highest BCUT2D eigenvalue weighted by Crippen LogP contribution is 2.22. The highest BCUT2D eigenvalue weighted by Gasteiger charge is 1.95. The second-order valence-corrected chi connectivity index (χ2v) is 3.09. The molecule has 0 aliphatic rings. The summed E-state index contributed by atoms with van der Waals surface area (Å²) in [5.74, 6) is 0. The van der Waals surface area contributed by atoms with Crippen molar-refractivity contribution in [3.8, 4) is 0 Å². The van der Waals surface area contributed by atoms with E-state index >= 15 is 0 Å². The Labute approximate surface area is 78.1 Å². The van der Waals surface area contributed by atoms with Gasteiger partial charge in [0.1, 0.15) is 0 Å². The van der Waals surface area contributed by atoms with E-state index in [1.165, 1.54) is 0 Å². The molecule has 0 aromatic heterocycles. The third kappa shape index (κ3) is 2.35. The van der Waals surface area contributed by atoms with E-state index in [2.05, 4.69) is 11.9 Å². The molecule has 1 aromatic rings. The fourth-order valence-corrected chi connectivity index (χ4v) is 1.08. The van der Waals surface area contributed by atoms with E-state index in [4.69, 9.17) is 11.6 Å². The first-order valence-electron chi connectivity index (χ1n) is 4.02. The Bertz CT molecular complexity index is 292. The number of benzene rings is 1. The minimum Gasteiger partial charge on any atom is -0.261 e. The molecule has 0 saturated carbocycles. The number of hydrogen-bond donors (Lipinski definition) is 0. The van der Waals surface area contributed by atoms with Crippen LogP contribution in [0.15, 0.2) is 23.2 Å². The Morgan fingerprint density at radius 3 is 2.92 bits per heavy atom. The van der Waals surface area contributed by atoms with Crippen molar-refractivity contribution >= 4 is 23.5 Å². The maximum atomic E-state index is 5.82. The van der Waals surface area contributed by atoms with Crippen molar-refractivity contribution in [2.24, 2.45) is 4.99 Å². The standard InChI is InChI=1S/C10H12ClN/c1-3-6-12-10-7-9(11)5-4-8(10)2/h4-7H,3H2,1-2H3/b12-6-. The van der Waals surface area contributed by atoms with Crippen molar-refractivity contribution in [1.29, 1.82) is 0 Å². The van der Waals surface area contributed by atoms with E-state index < -0.39 is 0 Å². The van der Waals surface area contributed by atoms with Gasteiger partial charge < -0.3 is 0 Å². The first-order valence-corrected chi connectivity index (χ1v) is 4.40. The molecule has 0 amide bonds. The van der Waals surface area contributed by atoms with Crippen molar-refractivity contribution < 1.29 is 0 Å². The smallest absolute Gasteiger partial charge is 0.0669 e. The Morgan fingerprint density at radius 2 is 2.25 bits per heavy atom. The van der Waals surface area contributed by atoms with Crippen LogP contribution in [0.1, 0.15) is 18.9 Å². The monoisotopic (exact) mass is 181 g/mol. The number of halogens is 1. The largest absolute Gasteiger partial charge is 0.261 e. The summed E-state index contributed by atoms with van der Waals surface area (Å²) in [4.78, 5) is 4.28. The van der Waals surface area contributed by atoms with Gasteiger partial charge in [-0.15, -0.1) is 0 Å². The van der Waals surface area contributed by atoms with Gasteiger partial charge in [0.25, 0.3) is 0 Å². The molecule has 0 spiro atoms. The number of aliphatic imine (C=N–C) groups is 1. The van der Waals surface area contributed by atoms with Gasteiger partial charge in [-0.3, -0.25) is 4.99 Å². The summed E-state index contributed by atoms with van der Waals surface area (Å²) < 4.78 is 0. The van der Waals surface area contributed by atoms with E-state index in [-0.39, 0.29) is 0 Å². The summed E-state index contributed by atoms with van der Waals surface area (Å²) in [5, 5.41) is 0.740. The molecular formula is C10H12ClN. The maximum Gasteiger partial charge on any atom is 0.0669 e. The Hall–Kier alpha value is -0.820. The zero-order chi connectivity index (χ0) is 8.97. The molecule has 0 heterocycles. The maximum absolute atomic E-state index is 5.82. The van der Waals surface area contributed by atoms with Crippen LogP contribution in [0.25, 0.3) is 0 Å². The first kappa shape index (κ1) is 9.27. The van der Waals surface area contributed by atoms with Gasteiger partial charge in [-0.25, -0.2) is 0 Å². The van der Waals surface area contributed by atoms with E-state index in [9.17, 15) is 0 Å². The molecule has 0 N–H and O–H groups in total. The lowest BCUT2D eigenvalue weighted by molar-refractivity contribution is 1.30. The Morgan fingerprint density at radius 1 is 1.50 bits per heavy atom. The summed E-state index contributed by atoms with van der Waals surface area (Å²) in [6.45, 7) is 4.09. The van der Waals surface area contributed by atoms with Crippen LogP contribution in [0.2, 0.25) is 5.02 Å². The quantitative estimate of drug-likeness (QED) is 0.616. The van der Waals surface area contributed by atoms with Crippen molar-refractivity contribution in [3.05, 3.63) is 28.8 Å². The van der Waals surface area contributed by atoms with Gasteiger partial charge in [0.05, 0.1) is 5.69 Å². The third-order valence-electron chi connectivity index (χ3n) is 1.58. The third-order valence-corrected chi connectivity index (χ3v) is 1.82. The average Bonchev–Trinajstić information content (AvgIpc) is 2.07. The molecule has 64 valence electrons. The SMILES string of the molecule is CC/C=N\c1cc(Cl)ccc1C. The fraction of sp³-hybridized carbons (Fsp3) is 0.300. The molecule has 1 aromatic carbocycles. The second-order valence-electron chi connectivity index (χ2n) is 2.65. The molecule has 0 unspecified atom stereocenters. The van der Waals surface area contributed by atoms with E-state index in [0.717, 1.165) is 22.7 Å². The summed E-state index contributed by atoms with van der Waals surface area (Å²) >= 11 is 5.82. The molecule has 1 rings (SSSR count). The van der Waals surface area contributed by atoms with Crippen LogP contribution < -0.4 is 0 Å². The van der Waals surface area contributed by atoms with E-state index in [1.54, 1.807) is 0 Å². The van der Waals surface area contributed by atoms with Crippen LogP contribution in [0.4, 0.5) is 5.69 Å². The first-order chi connectivity index (χ1) is 5.74. The van der Waals surface area contributed by atoms with Gasteiger partial charge in [-0.05, 0) is 31.0 Å². The molecule has 0 atom stereocenters. The Balaban J connectivity index is 2.97. The van der Waals surface area contributed by atoms with Crippen molar-refractivity contribution in [2.75, 3.05) is 0 Å². The van der Waals surface area contributed by atoms with Crippen molar-refractivity contribution in [1.82, 2.24) is 0 Å². The Kier molecular flexibility index (Phi) is 3.30. The predicted octanol–water partition coefficient (Wildman–Crippen LogP) is 3.76. The highest BCUT2D eigenvalue weighted by atomic mass is 35.5. The van der Waals surface area contributed by atoms with Crippen LogP contribution in [0.3, 0.4) is 0 Å². The predicted molar refractivity (Wildman–Crippen MR) is 54.6 cm³/mol. The van der Waals surface area contributed by atoms with Crippen molar-refractivity contribution in [2.45, 2.75) is 20.3 Å². The molecule has 2 heteroatoms. The van der Waals surface area contributed by atoms with Crippen LogP contribution in [-0.4, -0.2) is 6.21 Å². The molecule has 0 radical (unpaired) electrons. The van der Waals surface area contributed by atoms with Gasteiger partial charge in [0, 0.05) is 11.2 Å². The summed E-state index contributed by atoms with van der Waals surface area (Å²) in [6.07, 6.45) is 2.84. The van der Waals surface area contributed by atoms with Crippen LogP contribution in [0.5, 0.6) is 0 Å². The van der Waals surface area contributed by atoms with E-state index in [0.29, 0.717) is 0 Å². The molecule has 0 aliphatic heterocycles. The molecule has 0 bridgehead atoms. The van der Waals surface area contributed by atoms with Crippen molar-refractivity contribution in [3.63, 3.8) is 0 Å². The van der Waals surface area contributed by atoms with Gasteiger partial charge in [-0.2, -0.15) is 0 Å². The number of hydrogen-bond acceptors (Lipinski definition) is 1. The summed E-state index contributed by atoms with van der Waals surface area (Å²) in [6, 6.07) is 5.73. The lowest BCUT2D eigenvalue weighted by Crippen LogP contribution is -1.75. The zero-order valence-electron chi connectivity index (χ0n) is 7.34. The van der Waals surface area contributed by atoms with Gasteiger partial charge in [0.2, 0.25) is 0 Å². The van der Waals surface area contributed by atoms with Crippen LogP contribution >= 0.6 is 11.6 Å². The molecule has 0 fully saturated rings. The highest BCUT2D eigenvalue weighted by molar-refractivity contribution is 6.30. The molecule has 12 heavy (non-hydrogen) atoms. The molecular weight excluding hydrogens is 170 g/mol. The minimum absolute atomic E-state index is 0.740. The summed E-state index contributed by atoms with van der Waals surface area (Å²) in [5.41, 5.74) is 2.12. The fourth-order valence-electron chi connectivity index (χ4n) is 0.911. The number of nitrogens with zero attached hydrogens (tertiary/aromatic N) is 1. The zero-order valence-corrected chi connectivity index (χ0v) is 8.10. The molecule has 0 saturated heterocycles. The van der Waals surface area contributed by atoms with Gasteiger partial charge >= 0.3 is 0 Å². The molecule has 0 aliphatic carbocycles. The number of aryl methyl sites for hydroxylation is 1. The average molecular weight is 182 g/mol. The molecule has 1 nitrogen and oxygen atoms in total. The lowest BCUT2D eigenvalue weighted by atomic mass is 10.2. The van der Waals surface area contributed by atoms with E-state index in [1.807, 2.05) is 31.3 Å². The van der Waals surface area contributed by atoms with Gasteiger partial charge in [0.15, 0.2) is 0 Å². The number of rotatable bonds is 2. The van der Waals surface area contributed by atoms with Crippen LogP contribution in [-0.2, 0) is 0 Å². The minimum atomic E-state index is 0.740. The van der Waals surface area contributed by atoms with Gasteiger partial charge in [-0.1, -0.05) is 24.6 Å². The normalized spacial score (nSPS) is 10.9.